The van der Waals surface area contributed by atoms with Crippen LogP contribution in [0.15, 0.2) is 24.3 Å². The number of methoxy groups -OCH3 is 1. The summed E-state index contributed by atoms with van der Waals surface area (Å²) in [6.45, 7) is 4.24. The van der Waals surface area contributed by atoms with Gasteiger partial charge in [-0.25, -0.2) is 0 Å². The Bertz CT molecular complexity index is 411. The fraction of sp³-hybridized carbons (Fsp3) is 0.538. The predicted octanol–water partition coefficient (Wildman–Crippen LogP) is 2.96. The molecule has 0 fully saturated rings. The van der Waals surface area contributed by atoms with Crippen LogP contribution < -0.4 is 10.5 Å². The molecule has 1 aromatic rings. The minimum Gasteiger partial charge on any atom is -0.497 e. The van der Waals surface area contributed by atoms with E-state index in [9.17, 15) is 4.57 Å². The number of hydrogen-bond acceptors (Lipinski definition) is 5. The van der Waals surface area contributed by atoms with Crippen molar-refractivity contribution in [1.82, 2.24) is 0 Å². The van der Waals surface area contributed by atoms with Gasteiger partial charge in [-0.15, -0.1) is 0 Å². The standard InChI is InChI=1S/C13H22NO4P/c1-4-17-19(15,18-5-2)10-13(14)11-6-8-12(16-3)9-7-11/h6-9,13H,4-5,10,14H2,1-3H3/t13-/m0/s1. The zero-order chi connectivity index (χ0) is 14.3. The lowest BCUT2D eigenvalue weighted by Crippen LogP contribution is -2.17. The minimum absolute atomic E-state index is 0.168. The van der Waals surface area contributed by atoms with Crippen molar-refractivity contribution in [3.05, 3.63) is 29.8 Å². The first kappa shape index (κ1) is 16.2. The molecule has 0 aliphatic rings. The molecule has 0 unspecified atom stereocenters. The van der Waals surface area contributed by atoms with Gasteiger partial charge < -0.3 is 19.5 Å². The smallest absolute Gasteiger partial charge is 0.332 e. The van der Waals surface area contributed by atoms with Gasteiger partial charge in [0, 0.05) is 6.04 Å². The summed E-state index contributed by atoms with van der Waals surface area (Å²) in [5.41, 5.74) is 6.94. The van der Waals surface area contributed by atoms with Crippen LogP contribution in [-0.2, 0) is 13.6 Å². The van der Waals surface area contributed by atoms with Gasteiger partial charge in [-0.1, -0.05) is 12.1 Å². The first-order valence-corrected chi connectivity index (χ1v) is 8.05. The average Bonchev–Trinajstić information content (AvgIpc) is 2.39. The number of benzene rings is 1. The Kier molecular flexibility index (Phi) is 6.52. The van der Waals surface area contributed by atoms with E-state index < -0.39 is 13.6 Å². The van der Waals surface area contributed by atoms with Gasteiger partial charge >= 0.3 is 7.60 Å². The maximum absolute atomic E-state index is 12.4. The van der Waals surface area contributed by atoms with Crippen molar-refractivity contribution in [1.29, 1.82) is 0 Å². The van der Waals surface area contributed by atoms with E-state index in [1.807, 2.05) is 24.3 Å². The van der Waals surface area contributed by atoms with Gasteiger partial charge in [-0.2, -0.15) is 0 Å². The maximum atomic E-state index is 12.4. The van der Waals surface area contributed by atoms with Gasteiger partial charge in [-0.3, -0.25) is 4.57 Å². The number of ether oxygens (including phenoxy) is 1. The molecule has 0 saturated carbocycles. The summed E-state index contributed by atoms with van der Waals surface area (Å²) >= 11 is 0. The molecule has 1 aromatic carbocycles. The van der Waals surface area contributed by atoms with Crippen LogP contribution in [0.3, 0.4) is 0 Å². The van der Waals surface area contributed by atoms with Crippen LogP contribution in [0.25, 0.3) is 0 Å². The molecule has 0 amide bonds. The van der Waals surface area contributed by atoms with Gasteiger partial charge in [0.25, 0.3) is 0 Å². The molecule has 0 aromatic heterocycles. The Balaban J connectivity index is 2.75. The molecular weight excluding hydrogens is 265 g/mol. The average molecular weight is 287 g/mol. The molecule has 1 rings (SSSR count). The van der Waals surface area contributed by atoms with Crippen molar-refractivity contribution in [2.45, 2.75) is 19.9 Å². The molecule has 5 nitrogen and oxygen atoms in total. The highest BCUT2D eigenvalue weighted by molar-refractivity contribution is 7.53. The Hall–Kier alpha value is -0.870. The van der Waals surface area contributed by atoms with Gasteiger partial charge in [-0.05, 0) is 31.5 Å². The lowest BCUT2D eigenvalue weighted by atomic mass is 10.1. The van der Waals surface area contributed by atoms with Crippen LogP contribution in [0.1, 0.15) is 25.5 Å². The molecule has 0 saturated heterocycles. The molecule has 6 heteroatoms. The molecule has 0 bridgehead atoms. The van der Waals surface area contributed by atoms with E-state index in [2.05, 4.69) is 0 Å². The van der Waals surface area contributed by atoms with Crippen molar-refractivity contribution >= 4 is 7.60 Å². The second-order valence-electron chi connectivity index (χ2n) is 4.01. The first-order valence-electron chi connectivity index (χ1n) is 6.32. The van der Waals surface area contributed by atoms with Gasteiger partial charge in [0.1, 0.15) is 5.75 Å². The molecule has 108 valence electrons. The van der Waals surface area contributed by atoms with Gasteiger partial charge in [0.05, 0.1) is 26.5 Å². The topological polar surface area (TPSA) is 70.8 Å². The van der Waals surface area contributed by atoms with E-state index in [-0.39, 0.29) is 6.16 Å². The lowest BCUT2D eigenvalue weighted by molar-refractivity contribution is 0.218. The predicted molar refractivity (Wildman–Crippen MR) is 75.6 cm³/mol. The first-order chi connectivity index (χ1) is 9.04. The third kappa shape index (κ3) is 4.96. The molecule has 0 aliphatic carbocycles. The van der Waals surface area contributed by atoms with Crippen LogP contribution in [0.2, 0.25) is 0 Å². The summed E-state index contributed by atoms with van der Waals surface area (Å²) < 4.78 is 27.9. The largest absolute Gasteiger partial charge is 0.497 e. The highest BCUT2D eigenvalue weighted by atomic mass is 31.2. The monoisotopic (exact) mass is 287 g/mol. The lowest BCUT2D eigenvalue weighted by Gasteiger charge is -2.21. The maximum Gasteiger partial charge on any atom is 0.332 e. The SMILES string of the molecule is CCOP(=O)(C[C@H](N)c1ccc(OC)cc1)OCC. The molecule has 0 heterocycles. The summed E-state index contributed by atoms with van der Waals surface area (Å²) in [6.07, 6.45) is 0.168. The van der Waals surface area contributed by atoms with Crippen molar-refractivity contribution in [2.24, 2.45) is 5.73 Å². The quantitative estimate of drug-likeness (QED) is 0.744. The highest BCUT2D eigenvalue weighted by Gasteiger charge is 2.27. The van der Waals surface area contributed by atoms with E-state index >= 15 is 0 Å². The van der Waals surface area contributed by atoms with E-state index in [0.29, 0.717) is 13.2 Å². The Labute approximate surface area is 114 Å². The third-order valence-corrected chi connectivity index (χ3v) is 4.76. The van der Waals surface area contributed by atoms with E-state index in [0.717, 1.165) is 11.3 Å². The molecule has 0 spiro atoms. The second-order valence-corrected chi connectivity index (χ2v) is 6.11. The number of hydrogen-bond donors (Lipinski definition) is 1. The summed E-state index contributed by atoms with van der Waals surface area (Å²) in [6, 6.07) is 6.95. The van der Waals surface area contributed by atoms with Gasteiger partial charge in [0.15, 0.2) is 0 Å². The molecular formula is C13H22NO4P. The third-order valence-electron chi connectivity index (χ3n) is 2.62. The van der Waals surface area contributed by atoms with Crippen LogP contribution in [-0.4, -0.2) is 26.5 Å². The summed E-state index contributed by atoms with van der Waals surface area (Å²) in [4.78, 5) is 0. The molecule has 19 heavy (non-hydrogen) atoms. The van der Waals surface area contributed by atoms with Crippen LogP contribution >= 0.6 is 7.60 Å². The number of nitrogens with two attached hydrogens (primary N) is 1. The normalized spacial score (nSPS) is 13.3. The van der Waals surface area contributed by atoms with Crippen molar-refractivity contribution in [2.75, 3.05) is 26.5 Å². The fourth-order valence-electron chi connectivity index (χ4n) is 1.73. The summed E-state index contributed by atoms with van der Waals surface area (Å²) in [5.74, 6) is 0.758. The molecule has 0 aliphatic heterocycles. The Morgan fingerprint density at radius 1 is 1.16 bits per heavy atom. The van der Waals surface area contributed by atoms with Crippen LogP contribution in [0.4, 0.5) is 0 Å². The second kappa shape index (κ2) is 7.65. The minimum atomic E-state index is -3.12. The molecule has 2 N–H and O–H groups in total. The Morgan fingerprint density at radius 2 is 1.68 bits per heavy atom. The fourth-order valence-corrected chi connectivity index (χ4v) is 3.50. The van der Waals surface area contributed by atoms with Crippen LogP contribution in [0, 0.1) is 0 Å². The number of rotatable bonds is 8. The van der Waals surface area contributed by atoms with Crippen molar-refractivity contribution < 1.29 is 18.3 Å². The van der Waals surface area contributed by atoms with E-state index in [1.54, 1.807) is 21.0 Å². The van der Waals surface area contributed by atoms with Gasteiger partial charge in [0.2, 0.25) is 0 Å². The van der Waals surface area contributed by atoms with Crippen molar-refractivity contribution in [3.8, 4) is 5.75 Å². The summed E-state index contributed by atoms with van der Waals surface area (Å²) in [5, 5.41) is 0. The van der Waals surface area contributed by atoms with Crippen LogP contribution in [0.5, 0.6) is 5.75 Å². The summed E-state index contributed by atoms with van der Waals surface area (Å²) in [7, 11) is -1.51. The zero-order valence-electron chi connectivity index (χ0n) is 11.7. The van der Waals surface area contributed by atoms with E-state index in [4.69, 9.17) is 19.5 Å². The molecule has 1 atom stereocenters. The zero-order valence-corrected chi connectivity index (χ0v) is 12.6. The molecule has 0 radical (unpaired) electrons. The highest BCUT2D eigenvalue weighted by Crippen LogP contribution is 2.50. The van der Waals surface area contributed by atoms with E-state index in [1.165, 1.54) is 0 Å². The van der Waals surface area contributed by atoms with Crippen molar-refractivity contribution in [3.63, 3.8) is 0 Å². The Morgan fingerprint density at radius 3 is 2.11 bits per heavy atom.